The van der Waals surface area contributed by atoms with E-state index in [9.17, 15) is 17.6 Å². The third-order valence-corrected chi connectivity index (χ3v) is 3.74. The molecule has 10 heteroatoms. The summed E-state index contributed by atoms with van der Waals surface area (Å²) in [5, 5.41) is 6.96. The van der Waals surface area contributed by atoms with Gasteiger partial charge in [0.1, 0.15) is 5.75 Å². The topological polar surface area (TPSA) is 45.6 Å². The van der Waals surface area contributed by atoms with E-state index in [-0.39, 0.29) is 10.9 Å². The lowest BCUT2D eigenvalue weighted by Crippen LogP contribution is -2.23. The van der Waals surface area contributed by atoms with E-state index >= 15 is 0 Å². The predicted octanol–water partition coefficient (Wildman–Crippen LogP) is 4.92. The molecule has 0 aliphatic carbocycles. The Morgan fingerprint density at radius 1 is 1.04 bits per heavy atom. The van der Waals surface area contributed by atoms with Crippen LogP contribution in [0.4, 0.5) is 23.2 Å². The summed E-state index contributed by atoms with van der Waals surface area (Å²) in [6, 6.07) is 12.2. The van der Waals surface area contributed by atoms with Gasteiger partial charge in [0.15, 0.2) is 5.11 Å². The molecule has 0 fully saturated rings. The first-order valence-corrected chi connectivity index (χ1v) is 8.41. The average molecular weight is 403 g/mol. The van der Waals surface area contributed by atoms with Crippen LogP contribution in [-0.4, -0.2) is 23.7 Å². The largest absolute Gasteiger partial charge is 0.435 e. The normalized spacial score (nSPS) is 11.2. The minimum absolute atomic E-state index is 0.0516. The van der Waals surface area contributed by atoms with Crippen molar-refractivity contribution in [1.29, 1.82) is 0 Å². The van der Waals surface area contributed by atoms with Crippen molar-refractivity contribution in [2.24, 2.45) is 5.10 Å². The van der Waals surface area contributed by atoms with Crippen molar-refractivity contribution in [2.75, 3.05) is 5.32 Å². The molecule has 0 saturated heterocycles. The number of hydrogen-bond donors (Lipinski definition) is 2. The molecule has 0 saturated carbocycles. The third-order valence-electron chi connectivity index (χ3n) is 2.82. The van der Waals surface area contributed by atoms with Crippen molar-refractivity contribution in [3.63, 3.8) is 0 Å². The number of hydrogen-bond acceptors (Lipinski definition) is 4. The molecule has 0 unspecified atom stereocenters. The molecule has 2 aromatic carbocycles. The third kappa shape index (κ3) is 7.28. The highest BCUT2D eigenvalue weighted by Gasteiger charge is 2.05. The van der Waals surface area contributed by atoms with Crippen molar-refractivity contribution < 1.29 is 22.3 Å². The molecule has 0 amide bonds. The number of nitrogens with zero attached hydrogens (tertiary/aromatic N) is 1. The Balaban J connectivity index is 1.81. The Morgan fingerprint density at radius 2 is 1.69 bits per heavy atom. The Bertz CT molecular complexity index is 740. The number of ether oxygens (including phenoxy) is 1. The molecule has 138 valence electrons. The van der Waals surface area contributed by atoms with E-state index in [1.54, 1.807) is 36.4 Å². The Kier molecular flexibility index (Phi) is 7.67. The van der Waals surface area contributed by atoms with Crippen LogP contribution in [-0.2, 0) is 0 Å². The highest BCUT2D eigenvalue weighted by atomic mass is 32.2. The number of halogens is 4. The summed E-state index contributed by atoms with van der Waals surface area (Å²) in [6.45, 7) is -2.87. The lowest BCUT2D eigenvalue weighted by atomic mass is 10.2. The van der Waals surface area contributed by atoms with E-state index < -0.39 is 12.4 Å². The highest BCUT2D eigenvalue weighted by Crippen LogP contribution is 2.26. The molecule has 0 atom stereocenters. The number of benzene rings is 2. The standard InChI is InChI=1S/C16H13F4N3OS2/c17-14(18)24-12-5-1-10(2-6-12)9-21-23-16(25)22-11-3-7-13(8-4-11)26-15(19)20/h1-9,14-15H,(H2,22,23,25)/b21-9-. The van der Waals surface area contributed by atoms with Crippen LogP contribution < -0.4 is 15.5 Å². The summed E-state index contributed by atoms with van der Waals surface area (Å²) in [7, 11) is 0. The van der Waals surface area contributed by atoms with E-state index in [1.165, 1.54) is 18.3 Å². The van der Waals surface area contributed by atoms with Gasteiger partial charge in [-0.3, -0.25) is 5.43 Å². The number of thiocarbonyl (C=S) groups is 1. The predicted molar refractivity (Wildman–Crippen MR) is 98.3 cm³/mol. The zero-order valence-corrected chi connectivity index (χ0v) is 14.7. The first kappa shape index (κ1) is 20.0. The van der Waals surface area contributed by atoms with E-state index in [2.05, 4.69) is 20.6 Å². The van der Waals surface area contributed by atoms with Gasteiger partial charge in [0.25, 0.3) is 5.76 Å². The lowest BCUT2D eigenvalue weighted by Gasteiger charge is -2.08. The fourth-order valence-electron chi connectivity index (χ4n) is 1.78. The minimum atomic E-state index is -2.87. The molecule has 0 spiro atoms. The molecule has 2 N–H and O–H groups in total. The van der Waals surface area contributed by atoms with E-state index in [4.69, 9.17) is 12.2 Å². The van der Waals surface area contributed by atoms with Gasteiger partial charge in [-0.1, -0.05) is 11.8 Å². The monoisotopic (exact) mass is 403 g/mol. The molecule has 0 aliphatic rings. The summed E-state index contributed by atoms with van der Waals surface area (Å²) in [6.07, 6.45) is 1.45. The Hall–Kier alpha value is -2.33. The summed E-state index contributed by atoms with van der Waals surface area (Å²) in [4.78, 5) is 0.446. The molecule has 0 heterocycles. The fourth-order valence-corrected chi connectivity index (χ4v) is 2.45. The summed E-state index contributed by atoms with van der Waals surface area (Å²) >= 11 is 5.52. The number of nitrogens with one attached hydrogen (secondary N) is 2. The van der Waals surface area contributed by atoms with Gasteiger partial charge in [0, 0.05) is 10.6 Å². The number of alkyl halides is 4. The zero-order valence-electron chi connectivity index (χ0n) is 13.0. The van der Waals surface area contributed by atoms with Crippen LogP contribution in [0.25, 0.3) is 0 Å². The minimum Gasteiger partial charge on any atom is -0.435 e. The lowest BCUT2D eigenvalue weighted by molar-refractivity contribution is -0.0498. The van der Waals surface area contributed by atoms with Gasteiger partial charge in [0.2, 0.25) is 0 Å². The molecule has 2 aromatic rings. The maximum absolute atomic E-state index is 12.2. The number of anilines is 1. The smallest absolute Gasteiger partial charge is 0.387 e. The fraction of sp³-hybridized carbons (Fsp3) is 0.125. The number of thioether (sulfide) groups is 1. The molecule has 4 nitrogen and oxygen atoms in total. The summed E-state index contributed by atoms with van der Waals surface area (Å²) < 4.78 is 52.8. The molecule has 0 aromatic heterocycles. The summed E-state index contributed by atoms with van der Waals surface area (Å²) in [5.41, 5.74) is 3.85. The van der Waals surface area contributed by atoms with Gasteiger partial charge in [0.05, 0.1) is 6.21 Å². The van der Waals surface area contributed by atoms with Gasteiger partial charge < -0.3 is 10.1 Å². The second-order valence-electron chi connectivity index (χ2n) is 4.67. The molecule has 0 aliphatic heterocycles. The highest BCUT2D eigenvalue weighted by molar-refractivity contribution is 7.99. The van der Waals surface area contributed by atoms with Crippen molar-refractivity contribution in [2.45, 2.75) is 17.3 Å². The van der Waals surface area contributed by atoms with Crippen LogP contribution in [0, 0.1) is 0 Å². The number of hydrazone groups is 1. The van der Waals surface area contributed by atoms with Gasteiger partial charge in [-0.25, -0.2) is 0 Å². The van der Waals surface area contributed by atoms with Gasteiger partial charge in [-0.05, 0) is 66.3 Å². The Labute approximate surface area is 156 Å². The second-order valence-corrected chi connectivity index (χ2v) is 6.15. The molecule has 0 bridgehead atoms. The van der Waals surface area contributed by atoms with Crippen molar-refractivity contribution in [3.8, 4) is 5.75 Å². The number of rotatable bonds is 7. The van der Waals surface area contributed by atoms with Crippen LogP contribution in [0.15, 0.2) is 58.5 Å². The van der Waals surface area contributed by atoms with Gasteiger partial charge in [-0.15, -0.1) is 0 Å². The van der Waals surface area contributed by atoms with Crippen LogP contribution in [0.2, 0.25) is 0 Å². The van der Waals surface area contributed by atoms with Crippen LogP contribution in [0.1, 0.15) is 5.56 Å². The average Bonchev–Trinajstić information content (AvgIpc) is 2.57. The van der Waals surface area contributed by atoms with Gasteiger partial charge in [-0.2, -0.15) is 22.7 Å². The molecule has 2 rings (SSSR count). The first-order valence-electron chi connectivity index (χ1n) is 7.12. The van der Waals surface area contributed by atoms with Crippen LogP contribution in [0.5, 0.6) is 5.75 Å². The maximum atomic E-state index is 12.2. The first-order chi connectivity index (χ1) is 12.4. The van der Waals surface area contributed by atoms with Gasteiger partial charge >= 0.3 is 6.61 Å². The summed E-state index contributed by atoms with van der Waals surface area (Å²) in [5.74, 6) is -2.42. The SMILES string of the molecule is FC(F)Oc1ccc(/C=N\NC(=S)Nc2ccc(SC(F)F)cc2)cc1. The Morgan fingerprint density at radius 3 is 2.27 bits per heavy atom. The van der Waals surface area contributed by atoms with Crippen molar-refractivity contribution in [1.82, 2.24) is 5.43 Å². The molecule has 0 radical (unpaired) electrons. The molecular weight excluding hydrogens is 390 g/mol. The quantitative estimate of drug-likeness (QED) is 0.226. The molecule has 26 heavy (non-hydrogen) atoms. The molecular formula is C16H13F4N3OS2. The van der Waals surface area contributed by atoms with E-state index in [0.717, 1.165) is 0 Å². The van der Waals surface area contributed by atoms with E-state index in [1.807, 2.05) is 0 Å². The second kappa shape index (κ2) is 9.97. The van der Waals surface area contributed by atoms with Crippen LogP contribution >= 0.6 is 24.0 Å². The van der Waals surface area contributed by atoms with Crippen molar-refractivity contribution >= 4 is 41.0 Å². The zero-order chi connectivity index (χ0) is 18.9. The maximum Gasteiger partial charge on any atom is 0.387 e. The van der Waals surface area contributed by atoms with Crippen molar-refractivity contribution in [3.05, 3.63) is 54.1 Å². The van der Waals surface area contributed by atoms with E-state index in [0.29, 0.717) is 27.9 Å². The van der Waals surface area contributed by atoms with Crippen LogP contribution in [0.3, 0.4) is 0 Å².